The zero-order valence-electron chi connectivity index (χ0n) is 9.68. The number of carbonyl (C=O) groups excluding carboxylic acids is 2. The number of anilines is 1. The lowest BCUT2D eigenvalue weighted by molar-refractivity contribution is -0.119. The molecule has 1 aromatic rings. The Bertz CT molecular complexity index is 437. The van der Waals surface area contributed by atoms with Gasteiger partial charge < -0.3 is 9.69 Å². The quantitative estimate of drug-likeness (QED) is 0.660. The zero-order chi connectivity index (χ0) is 13.0. The first kappa shape index (κ1) is 13.7. The van der Waals surface area contributed by atoms with Crippen LogP contribution in [0.1, 0.15) is 12.0 Å². The molecule has 0 bridgehead atoms. The van der Waals surface area contributed by atoms with Crippen LogP contribution >= 0.6 is 12.6 Å². The molecule has 0 fully saturated rings. The second kappa shape index (κ2) is 5.82. The maximum Gasteiger partial charge on any atom is 0.240 e. The Hall–Kier alpha value is -1.36. The third-order valence-corrected chi connectivity index (χ3v) is 2.91. The van der Waals surface area contributed by atoms with Gasteiger partial charge in [0.2, 0.25) is 5.91 Å². The molecule has 0 heterocycles. The molecule has 92 valence electrons. The largest absolute Gasteiger partial charge is 0.314 e. The molecule has 0 aromatic heterocycles. The molecule has 1 atom stereocenters. The molecule has 5 heteroatoms. The predicted octanol–water partition coefficient (Wildman–Crippen LogP) is 1.98. The second-order valence-corrected chi connectivity index (χ2v) is 4.37. The van der Waals surface area contributed by atoms with Crippen molar-refractivity contribution in [1.82, 2.24) is 0 Å². The number of nitrogens with zero attached hydrogens (tertiary/aromatic N) is 1. The number of rotatable bonds is 4. The number of amides is 1. The first-order valence-electron chi connectivity index (χ1n) is 5.12. The Morgan fingerprint density at radius 1 is 1.59 bits per heavy atom. The first-order valence-corrected chi connectivity index (χ1v) is 5.64. The fraction of sp³-hybridized carbons (Fsp3) is 0.333. The number of benzene rings is 1. The Kier molecular flexibility index (Phi) is 4.69. The lowest BCUT2D eigenvalue weighted by Gasteiger charge is -2.20. The maximum absolute atomic E-state index is 13.3. The predicted molar refractivity (Wildman–Crippen MR) is 68.0 cm³/mol. The Morgan fingerprint density at radius 2 is 2.24 bits per heavy atom. The van der Waals surface area contributed by atoms with E-state index in [0.717, 1.165) is 0 Å². The SMILES string of the molecule is Cc1ccc(N(C)C(=O)C(S)CC=O)cc1F. The maximum atomic E-state index is 13.3. The van der Waals surface area contributed by atoms with E-state index >= 15 is 0 Å². The molecule has 0 saturated heterocycles. The number of hydrogen-bond acceptors (Lipinski definition) is 3. The summed E-state index contributed by atoms with van der Waals surface area (Å²) < 4.78 is 13.3. The van der Waals surface area contributed by atoms with Gasteiger partial charge in [-0.25, -0.2) is 4.39 Å². The van der Waals surface area contributed by atoms with Crippen LogP contribution in [0.3, 0.4) is 0 Å². The van der Waals surface area contributed by atoms with Crippen molar-refractivity contribution in [3.8, 4) is 0 Å². The van der Waals surface area contributed by atoms with E-state index in [2.05, 4.69) is 12.6 Å². The summed E-state index contributed by atoms with van der Waals surface area (Å²) in [5.41, 5.74) is 0.966. The molecule has 0 aliphatic rings. The first-order chi connectivity index (χ1) is 7.97. The molecule has 0 radical (unpaired) electrons. The highest BCUT2D eigenvalue weighted by molar-refractivity contribution is 7.81. The monoisotopic (exact) mass is 255 g/mol. The van der Waals surface area contributed by atoms with Gasteiger partial charge in [-0.05, 0) is 24.6 Å². The summed E-state index contributed by atoms with van der Waals surface area (Å²) in [5.74, 6) is -0.697. The average molecular weight is 255 g/mol. The molecule has 0 N–H and O–H groups in total. The fourth-order valence-electron chi connectivity index (χ4n) is 1.33. The van der Waals surface area contributed by atoms with Crippen molar-refractivity contribution < 1.29 is 14.0 Å². The molecule has 1 unspecified atom stereocenters. The minimum atomic E-state index is -0.693. The molecule has 0 aliphatic heterocycles. The third-order valence-electron chi connectivity index (χ3n) is 2.48. The van der Waals surface area contributed by atoms with Gasteiger partial charge in [0.05, 0.1) is 5.25 Å². The summed E-state index contributed by atoms with van der Waals surface area (Å²) in [6.45, 7) is 1.65. The summed E-state index contributed by atoms with van der Waals surface area (Å²) in [6, 6.07) is 4.54. The standard InChI is InChI=1S/C12H14FNO2S/c1-8-3-4-9(7-10(8)13)14(2)12(16)11(17)5-6-15/h3-4,6-7,11,17H,5H2,1-2H3. The van der Waals surface area contributed by atoms with Crippen LogP contribution in [0, 0.1) is 12.7 Å². The van der Waals surface area contributed by atoms with Crippen LogP contribution < -0.4 is 4.90 Å². The molecule has 0 spiro atoms. The Morgan fingerprint density at radius 3 is 2.76 bits per heavy atom. The summed E-state index contributed by atoms with van der Waals surface area (Å²) in [6.07, 6.45) is 0.680. The highest BCUT2D eigenvalue weighted by atomic mass is 32.1. The summed E-state index contributed by atoms with van der Waals surface area (Å²) in [7, 11) is 1.53. The van der Waals surface area contributed by atoms with Crippen molar-refractivity contribution in [3.05, 3.63) is 29.6 Å². The van der Waals surface area contributed by atoms with E-state index in [1.54, 1.807) is 19.1 Å². The average Bonchev–Trinajstić information content (AvgIpc) is 2.31. The van der Waals surface area contributed by atoms with E-state index in [4.69, 9.17) is 0 Å². The van der Waals surface area contributed by atoms with Gasteiger partial charge in [-0.1, -0.05) is 6.07 Å². The van der Waals surface area contributed by atoms with Crippen LogP contribution in [-0.4, -0.2) is 24.5 Å². The number of aryl methyl sites for hydroxylation is 1. The highest BCUT2D eigenvalue weighted by Gasteiger charge is 2.19. The van der Waals surface area contributed by atoms with Crippen LogP contribution in [0.4, 0.5) is 10.1 Å². The summed E-state index contributed by atoms with van der Waals surface area (Å²) in [4.78, 5) is 23.4. The van der Waals surface area contributed by atoms with E-state index in [-0.39, 0.29) is 18.1 Å². The van der Waals surface area contributed by atoms with Gasteiger partial charge >= 0.3 is 0 Å². The van der Waals surface area contributed by atoms with Gasteiger partial charge in [0, 0.05) is 19.2 Å². The third kappa shape index (κ3) is 3.30. The van der Waals surface area contributed by atoms with E-state index in [9.17, 15) is 14.0 Å². The van der Waals surface area contributed by atoms with Crippen molar-refractivity contribution in [2.24, 2.45) is 0 Å². The topological polar surface area (TPSA) is 37.4 Å². The summed E-state index contributed by atoms with van der Waals surface area (Å²) in [5, 5.41) is -0.693. The summed E-state index contributed by atoms with van der Waals surface area (Å²) >= 11 is 4.02. The molecule has 1 amide bonds. The minimum absolute atomic E-state index is 0.0423. The number of aldehydes is 1. The van der Waals surface area contributed by atoms with Gasteiger partial charge in [0.1, 0.15) is 12.1 Å². The number of halogens is 1. The van der Waals surface area contributed by atoms with Crippen LogP contribution in [-0.2, 0) is 9.59 Å². The van der Waals surface area contributed by atoms with E-state index < -0.39 is 5.25 Å². The molecular formula is C12H14FNO2S. The molecule has 0 saturated carbocycles. The van der Waals surface area contributed by atoms with Crippen LogP contribution in [0.15, 0.2) is 18.2 Å². The number of carbonyl (C=O) groups is 2. The van der Waals surface area contributed by atoms with Gasteiger partial charge in [-0.3, -0.25) is 4.79 Å². The van der Waals surface area contributed by atoms with Crippen molar-refractivity contribution in [2.45, 2.75) is 18.6 Å². The van der Waals surface area contributed by atoms with Gasteiger partial charge in [0.25, 0.3) is 0 Å². The molecular weight excluding hydrogens is 241 g/mol. The van der Waals surface area contributed by atoms with Crippen molar-refractivity contribution in [1.29, 1.82) is 0 Å². The van der Waals surface area contributed by atoms with Crippen molar-refractivity contribution in [2.75, 3.05) is 11.9 Å². The highest BCUT2D eigenvalue weighted by Crippen LogP contribution is 2.19. The van der Waals surface area contributed by atoms with Gasteiger partial charge in [0.15, 0.2) is 0 Å². The lowest BCUT2D eigenvalue weighted by atomic mass is 10.2. The van der Waals surface area contributed by atoms with E-state index in [1.165, 1.54) is 18.0 Å². The van der Waals surface area contributed by atoms with Gasteiger partial charge in [-0.15, -0.1) is 0 Å². The van der Waals surface area contributed by atoms with Crippen LogP contribution in [0.25, 0.3) is 0 Å². The van der Waals surface area contributed by atoms with Crippen molar-refractivity contribution >= 4 is 30.5 Å². The molecule has 17 heavy (non-hydrogen) atoms. The van der Waals surface area contributed by atoms with E-state index in [0.29, 0.717) is 17.5 Å². The molecule has 1 rings (SSSR count). The molecule has 0 aliphatic carbocycles. The second-order valence-electron chi connectivity index (χ2n) is 3.75. The fourth-order valence-corrected chi connectivity index (χ4v) is 1.59. The lowest BCUT2D eigenvalue weighted by Crippen LogP contribution is -2.33. The Balaban J connectivity index is 2.88. The van der Waals surface area contributed by atoms with Crippen LogP contribution in [0.5, 0.6) is 0 Å². The number of hydrogen-bond donors (Lipinski definition) is 1. The normalized spacial score (nSPS) is 12.0. The molecule has 3 nitrogen and oxygen atoms in total. The zero-order valence-corrected chi connectivity index (χ0v) is 10.6. The minimum Gasteiger partial charge on any atom is -0.314 e. The smallest absolute Gasteiger partial charge is 0.240 e. The van der Waals surface area contributed by atoms with Crippen molar-refractivity contribution in [3.63, 3.8) is 0 Å². The molecule has 1 aromatic carbocycles. The van der Waals surface area contributed by atoms with Crippen LogP contribution in [0.2, 0.25) is 0 Å². The van der Waals surface area contributed by atoms with E-state index in [1.807, 2.05) is 0 Å². The van der Waals surface area contributed by atoms with Gasteiger partial charge in [-0.2, -0.15) is 12.6 Å². The Labute approximate surface area is 105 Å². The number of thiol groups is 1.